The number of halogens is 2. The third-order valence-corrected chi connectivity index (χ3v) is 5.42. The second kappa shape index (κ2) is 10.2. The summed E-state index contributed by atoms with van der Waals surface area (Å²) in [6, 6.07) is 10.7. The first-order valence-corrected chi connectivity index (χ1v) is 9.71. The van der Waals surface area contributed by atoms with Gasteiger partial charge in [-0.05, 0) is 49.1 Å². The lowest BCUT2D eigenvalue weighted by Gasteiger charge is -2.33. The second-order valence-corrected chi connectivity index (χ2v) is 7.26. The van der Waals surface area contributed by atoms with Gasteiger partial charge in [0.05, 0.1) is 18.9 Å². The fraction of sp³-hybridized carbons (Fsp3) is 0.476. The van der Waals surface area contributed by atoms with E-state index in [1.807, 2.05) is 12.1 Å². The van der Waals surface area contributed by atoms with Gasteiger partial charge in [-0.1, -0.05) is 6.42 Å². The standard InChI is InChI=1S/C21H26FN3O2.ClH/c22-15-4-6-17(7-5-15)27-18-8-9-23-16(12-18)13-25-20-3-1-2-19(20)21-14-26-11-10-24-21;/h4-9,12,19-21,24-25H,1-3,10-11,13-14H2;1H. The predicted molar refractivity (Wildman–Crippen MR) is 109 cm³/mol. The Hall–Kier alpha value is -1.73. The molecule has 1 aliphatic heterocycles. The van der Waals surface area contributed by atoms with E-state index in [0.717, 1.165) is 25.5 Å². The summed E-state index contributed by atoms with van der Waals surface area (Å²) in [6.07, 6.45) is 5.43. The van der Waals surface area contributed by atoms with Gasteiger partial charge >= 0.3 is 0 Å². The second-order valence-electron chi connectivity index (χ2n) is 7.26. The van der Waals surface area contributed by atoms with Gasteiger partial charge in [0.25, 0.3) is 0 Å². The minimum absolute atomic E-state index is 0. The van der Waals surface area contributed by atoms with E-state index in [4.69, 9.17) is 9.47 Å². The Bertz CT molecular complexity index is 741. The van der Waals surface area contributed by atoms with E-state index < -0.39 is 0 Å². The van der Waals surface area contributed by atoms with Crippen LogP contribution >= 0.6 is 12.4 Å². The van der Waals surface area contributed by atoms with Crippen LogP contribution in [0.4, 0.5) is 4.39 Å². The summed E-state index contributed by atoms with van der Waals surface area (Å²) in [6.45, 7) is 3.27. The fourth-order valence-electron chi connectivity index (χ4n) is 4.08. The van der Waals surface area contributed by atoms with Crippen molar-refractivity contribution in [2.24, 2.45) is 5.92 Å². The van der Waals surface area contributed by atoms with Gasteiger partial charge in [-0.15, -0.1) is 12.4 Å². The van der Waals surface area contributed by atoms with Crippen LogP contribution in [0.2, 0.25) is 0 Å². The molecule has 2 aliphatic rings. The van der Waals surface area contributed by atoms with E-state index in [9.17, 15) is 4.39 Å². The van der Waals surface area contributed by atoms with Gasteiger partial charge < -0.3 is 20.1 Å². The molecular weight excluding hydrogens is 381 g/mol. The molecule has 1 aliphatic carbocycles. The molecule has 3 unspecified atom stereocenters. The molecule has 0 bridgehead atoms. The lowest BCUT2D eigenvalue weighted by atomic mass is 9.94. The highest BCUT2D eigenvalue weighted by atomic mass is 35.5. The molecule has 2 heterocycles. The number of aromatic nitrogens is 1. The molecule has 1 aromatic carbocycles. The monoisotopic (exact) mass is 407 g/mol. The average Bonchev–Trinajstić information content (AvgIpc) is 3.18. The first-order chi connectivity index (χ1) is 13.3. The van der Waals surface area contributed by atoms with E-state index >= 15 is 0 Å². The zero-order valence-corrected chi connectivity index (χ0v) is 16.6. The molecule has 0 spiro atoms. The molecule has 4 rings (SSSR count). The molecule has 5 nitrogen and oxygen atoms in total. The number of benzene rings is 1. The highest BCUT2D eigenvalue weighted by Gasteiger charge is 2.34. The number of morpholine rings is 1. The van der Waals surface area contributed by atoms with Crippen molar-refractivity contribution in [3.05, 3.63) is 54.1 Å². The smallest absolute Gasteiger partial charge is 0.130 e. The summed E-state index contributed by atoms with van der Waals surface area (Å²) >= 11 is 0. The third kappa shape index (κ3) is 5.41. The first kappa shape index (κ1) is 21.0. The highest BCUT2D eigenvalue weighted by Crippen LogP contribution is 2.30. The van der Waals surface area contributed by atoms with Crippen molar-refractivity contribution in [1.82, 2.24) is 15.6 Å². The summed E-state index contributed by atoms with van der Waals surface area (Å²) in [5.74, 6) is 1.65. The van der Waals surface area contributed by atoms with Crippen LogP contribution in [-0.2, 0) is 11.3 Å². The largest absolute Gasteiger partial charge is 0.457 e. The average molecular weight is 408 g/mol. The number of nitrogens with one attached hydrogen (secondary N) is 2. The maximum Gasteiger partial charge on any atom is 0.130 e. The molecule has 3 atom stereocenters. The first-order valence-electron chi connectivity index (χ1n) is 9.71. The van der Waals surface area contributed by atoms with Gasteiger partial charge in [0.2, 0.25) is 0 Å². The molecular formula is C21H27ClFN3O2. The number of pyridine rings is 1. The molecule has 0 radical (unpaired) electrons. The maximum atomic E-state index is 13.0. The maximum absolute atomic E-state index is 13.0. The van der Waals surface area contributed by atoms with Crippen LogP contribution in [0.1, 0.15) is 25.0 Å². The number of ether oxygens (including phenoxy) is 2. The van der Waals surface area contributed by atoms with Gasteiger partial charge in [0, 0.05) is 37.4 Å². The van der Waals surface area contributed by atoms with Crippen molar-refractivity contribution in [1.29, 1.82) is 0 Å². The minimum atomic E-state index is -0.272. The van der Waals surface area contributed by atoms with Gasteiger partial charge in [-0.2, -0.15) is 0 Å². The summed E-state index contributed by atoms with van der Waals surface area (Å²) < 4.78 is 24.5. The van der Waals surface area contributed by atoms with Crippen LogP contribution in [0, 0.1) is 11.7 Å². The summed E-state index contributed by atoms with van der Waals surface area (Å²) in [5, 5.41) is 7.28. The number of hydrogen-bond donors (Lipinski definition) is 2. The van der Waals surface area contributed by atoms with E-state index in [1.165, 1.54) is 31.4 Å². The highest BCUT2D eigenvalue weighted by molar-refractivity contribution is 5.85. The van der Waals surface area contributed by atoms with Crippen LogP contribution in [0.3, 0.4) is 0 Å². The lowest BCUT2D eigenvalue weighted by Crippen LogP contribution is -2.50. The number of hydrogen-bond acceptors (Lipinski definition) is 5. The molecule has 0 amide bonds. The summed E-state index contributed by atoms with van der Waals surface area (Å²) in [7, 11) is 0. The van der Waals surface area contributed by atoms with Crippen LogP contribution in [0.25, 0.3) is 0 Å². The quantitative estimate of drug-likeness (QED) is 0.765. The topological polar surface area (TPSA) is 55.4 Å². The molecule has 7 heteroatoms. The van der Waals surface area contributed by atoms with Crippen LogP contribution in [0.5, 0.6) is 11.5 Å². The van der Waals surface area contributed by atoms with Crippen molar-refractivity contribution < 1.29 is 13.9 Å². The molecule has 1 aromatic heterocycles. The van der Waals surface area contributed by atoms with Crippen molar-refractivity contribution in [3.8, 4) is 11.5 Å². The fourth-order valence-corrected chi connectivity index (χ4v) is 4.08. The Balaban J connectivity index is 0.00000225. The SMILES string of the molecule is Cl.Fc1ccc(Oc2ccnc(CNC3CCCC3C3COCCN3)c2)cc1. The van der Waals surface area contributed by atoms with E-state index in [1.54, 1.807) is 18.3 Å². The van der Waals surface area contributed by atoms with Crippen molar-refractivity contribution in [2.75, 3.05) is 19.8 Å². The van der Waals surface area contributed by atoms with Gasteiger partial charge in [0.1, 0.15) is 17.3 Å². The van der Waals surface area contributed by atoms with Crippen LogP contribution in [-0.4, -0.2) is 36.8 Å². The van der Waals surface area contributed by atoms with E-state index in [2.05, 4.69) is 15.6 Å². The number of nitrogens with zero attached hydrogens (tertiary/aromatic N) is 1. The predicted octanol–water partition coefficient (Wildman–Crippen LogP) is 3.68. The Labute approximate surface area is 171 Å². The third-order valence-electron chi connectivity index (χ3n) is 5.42. The zero-order chi connectivity index (χ0) is 18.5. The molecule has 152 valence electrons. The van der Waals surface area contributed by atoms with Crippen LogP contribution < -0.4 is 15.4 Å². The van der Waals surface area contributed by atoms with E-state index in [0.29, 0.717) is 36.0 Å². The van der Waals surface area contributed by atoms with Crippen molar-refractivity contribution in [2.45, 2.75) is 37.9 Å². The molecule has 1 saturated heterocycles. The Kier molecular flexibility index (Phi) is 7.62. The molecule has 2 aromatic rings. The van der Waals surface area contributed by atoms with Gasteiger partial charge in [-0.25, -0.2) is 4.39 Å². The lowest BCUT2D eigenvalue weighted by molar-refractivity contribution is 0.0524. The van der Waals surface area contributed by atoms with E-state index in [-0.39, 0.29) is 18.2 Å². The van der Waals surface area contributed by atoms with Gasteiger partial charge in [0.15, 0.2) is 0 Å². The van der Waals surface area contributed by atoms with Crippen LogP contribution in [0.15, 0.2) is 42.6 Å². The molecule has 28 heavy (non-hydrogen) atoms. The molecule has 2 fully saturated rings. The normalized spacial score (nSPS) is 24.5. The van der Waals surface area contributed by atoms with Crippen molar-refractivity contribution >= 4 is 12.4 Å². The van der Waals surface area contributed by atoms with Gasteiger partial charge in [-0.3, -0.25) is 4.98 Å². The zero-order valence-electron chi connectivity index (χ0n) is 15.8. The minimum Gasteiger partial charge on any atom is -0.457 e. The molecule has 2 N–H and O–H groups in total. The summed E-state index contributed by atoms with van der Waals surface area (Å²) in [4.78, 5) is 4.45. The van der Waals surface area contributed by atoms with Crippen molar-refractivity contribution in [3.63, 3.8) is 0 Å². The Morgan fingerprint density at radius 3 is 2.82 bits per heavy atom. The Morgan fingerprint density at radius 2 is 2.04 bits per heavy atom. The number of rotatable bonds is 6. The summed E-state index contributed by atoms with van der Waals surface area (Å²) in [5.41, 5.74) is 0.938. The Morgan fingerprint density at radius 1 is 1.18 bits per heavy atom. The molecule has 1 saturated carbocycles.